The van der Waals surface area contributed by atoms with Crippen molar-refractivity contribution in [3.05, 3.63) is 204 Å². The summed E-state index contributed by atoms with van der Waals surface area (Å²) in [6.45, 7) is 3.20. The fourth-order valence-corrected chi connectivity index (χ4v) is 11.4. The number of hydrogen-bond acceptors (Lipinski definition) is 11. The molecule has 3 N–H and O–H groups in total. The Labute approximate surface area is 454 Å². The summed E-state index contributed by atoms with van der Waals surface area (Å²) in [5.74, 6) is -1.61. The molecule has 2 aliphatic heterocycles. The quantitative estimate of drug-likeness (QED) is 0.0587. The molecule has 2 atom stereocenters. The summed E-state index contributed by atoms with van der Waals surface area (Å²) < 4.78 is 145. The van der Waals surface area contributed by atoms with E-state index in [0.717, 1.165) is 125 Å². The first-order valence-electron chi connectivity index (χ1n) is 25.0. The summed E-state index contributed by atoms with van der Waals surface area (Å²) in [6.07, 6.45) is -8.49. The van der Waals surface area contributed by atoms with E-state index in [4.69, 9.17) is 4.74 Å². The van der Waals surface area contributed by atoms with Gasteiger partial charge in [-0.3, -0.25) is 4.79 Å². The molecule has 2 heterocycles. The van der Waals surface area contributed by atoms with Crippen molar-refractivity contribution in [1.82, 2.24) is 9.44 Å². The highest BCUT2D eigenvalue weighted by Gasteiger charge is 2.36. The van der Waals surface area contributed by atoms with E-state index in [9.17, 15) is 53.1 Å². The fraction of sp³-hybridized carbons (Fsp3) is 0.259. The number of carbonyl (C=O) groups is 1. The van der Waals surface area contributed by atoms with Gasteiger partial charge in [-0.05, 0) is 140 Å². The van der Waals surface area contributed by atoms with E-state index in [1.54, 1.807) is 13.8 Å². The molecule has 0 amide bonds. The van der Waals surface area contributed by atoms with Crippen LogP contribution in [0.25, 0.3) is 0 Å². The molecule has 0 saturated carbocycles. The monoisotopic (exact) mass is 1130 g/mol. The van der Waals surface area contributed by atoms with Crippen LogP contribution in [0.2, 0.25) is 0 Å². The second-order valence-electron chi connectivity index (χ2n) is 19.2. The predicted octanol–water partition coefficient (Wildman–Crippen LogP) is 10.9. The lowest BCUT2D eigenvalue weighted by Crippen LogP contribution is -2.44. The average Bonchev–Trinajstić information content (AvgIpc) is 3.76. The third-order valence-corrected chi connectivity index (χ3v) is 16.1. The second-order valence-corrected chi connectivity index (χ2v) is 22.7. The number of para-hydroxylation sites is 4. The Morgan fingerprint density at radius 3 is 1.23 bits per heavy atom. The number of halogens is 6. The summed E-state index contributed by atoms with van der Waals surface area (Å²) >= 11 is 0. The smallest absolute Gasteiger partial charge is 0.458 e. The molecule has 7 aromatic carbocycles. The summed E-state index contributed by atoms with van der Waals surface area (Å²) in [7, 11) is -8.26. The number of aryl methyl sites for hydroxylation is 4. The molecule has 13 nitrogen and oxygen atoms in total. The third kappa shape index (κ3) is 15.0. The molecule has 0 spiro atoms. The van der Waals surface area contributed by atoms with Crippen LogP contribution in [-0.2, 0) is 60.7 Å². The highest BCUT2D eigenvalue weighted by molar-refractivity contribution is 7.89. The van der Waals surface area contributed by atoms with Gasteiger partial charge >= 0.3 is 18.7 Å². The lowest BCUT2D eigenvalue weighted by Gasteiger charge is -2.33. The minimum atomic E-state index is -4.91. The van der Waals surface area contributed by atoms with Gasteiger partial charge in [0.05, 0.1) is 34.4 Å². The summed E-state index contributed by atoms with van der Waals surface area (Å²) in [5.41, 5.74) is 7.92. The number of nitrogens with zero attached hydrogens (tertiary/aromatic N) is 2. The van der Waals surface area contributed by atoms with E-state index in [0.29, 0.717) is 0 Å². The Morgan fingerprint density at radius 2 is 0.848 bits per heavy atom. The number of hydrogen-bond donors (Lipinski definition) is 3. The molecule has 0 radical (unpaired) electrons. The normalized spacial score (nSPS) is 14.3. The number of aliphatic hydroxyl groups is 1. The molecule has 416 valence electrons. The third-order valence-electron chi connectivity index (χ3n) is 13.3. The maximum Gasteiger partial charge on any atom is 0.573 e. The number of fused-ring (bicyclic) bond motifs is 4. The molecule has 0 aromatic heterocycles. The number of rotatable bonds is 17. The molecule has 0 bridgehead atoms. The lowest BCUT2D eigenvalue weighted by molar-refractivity contribution is -0.275. The van der Waals surface area contributed by atoms with Crippen LogP contribution in [0.3, 0.4) is 0 Å². The average molecular weight is 1130 g/mol. The number of carbonyl (C=O) groups excluding carboxylic acids is 1. The number of aliphatic hydroxyl groups excluding tert-OH is 1. The standard InChI is InChI=1S/C34H33F3N2O5S.C24H23F3N2O4S/c1-33(2,26-12-4-3-5-13-26)32(40)43-28(22-38-45(41,42)29-20-18-27(19-21-29)44-34(35,36)37)23-39-30-14-8-6-10-24(30)16-17-25-11-7-9-15-31(25)39;25-24(26,27)33-20-11-13-21(14-12-20)34(31,32)28-15-19(30)16-29-22-7-3-1-5-17(22)9-10-18-6-2-4-8-23(18)29/h3-15,18-21,28,38H,16-17,22-23H2,1-2H3;1-8,11-14,19,28,30H,9-10,15-16H2/t28-;19-/m11/s1. The summed E-state index contributed by atoms with van der Waals surface area (Å²) in [6, 6.07) is 48.5. The van der Waals surface area contributed by atoms with Gasteiger partial charge in [0, 0.05) is 35.8 Å². The van der Waals surface area contributed by atoms with Gasteiger partial charge in [0.25, 0.3) is 0 Å². The van der Waals surface area contributed by atoms with Crippen LogP contribution < -0.4 is 28.7 Å². The van der Waals surface area contributed by atoms with E-state index in [1.807, 2.05) is 137 Å². The molecule has 0 aliphatic carbocycles. The van der Waals surface area contributed by atoms with Crippen LogP contribution in [-0.4, -0.2) is 79.0 Å². The fourth-order valence-electron chi connectivity index (χ4n) is 9.24. The maximum atomic E-state index is 13.7. The van der Waals surface area contributed by atoms with Gasteiger partial charge in [-0.15, -0.1) is 26.3 Å². The van der Waals surface area contributed by atoms with E-state index < -0.39 is 67.9 Å². The van der Waals surface area contributed by atoms with Gasteiger partial charge in [-0.2, -0.15) is 0 Å². The molecule has 2 aliphatic rings. The summed E-state index contributed by atoms with van der Waals surface area (Å²) in [4.78, 5) is 17.2. The number of β-amino-alcohol motifs (C(OH)–C–C–N with tert-alkyl or cyclic N) is 1. The van der Waals surface area contributed by atoms with Gasteiger partial charge in [0.2, 0.25) is 20.0 Å². The molecule has 21 heteroatoms. The zero-order valence-corrected chi connectivity index (χ0v) is 44.4. The van der Waals surface area contributed by atoms with E-state index >= 15 is 0 Å². The van der Waals surface area contributed by atoms with E-state index in [2.05, 4.69) is 18.9 Å². The minimum absolute atomic E-state index is 0.130. The van der Waals surface area contributed by atoms with Crippen molar-refractivity contribution in [2.24, 2.45) is 0 Å². The minimum Gasteiger partial charge on any atom is -0.458 e. The number of ether oxygens (including phenoxy) is 3. The van der Waals surface area contributed by atoms with E-state index in [1.165, 1.54) is 0 Å². The first-order valence-corrected chi connectivity index (χ1v) is 27.9. The Balaban J connectivity index is 0.000000216. The Hall–Kier alpha value is -7.43. The number of nitrogens with one attached hydrogen (secondary N) is 2. The van der Waals surface area contributed by atoms with Crippen molar-refractivity contribution in [2.45, 2.75) is 79.7 Å². The van der Waals surface area contributed by atoms with Gasteiger partial charge in [0.1, 0.15) is 17.6 Å². The van der Waals surface area contributed by atoms with Crippen molar-refractivity contribution < 1.29 is 67.3 Å². The van der Waals surface area contributed by atoms with Crippen LogP contribution in [0.15, 0.2) is 186 Å². The zero-order valence-electron chi connectivity index (χ0n) is 42.7. The predicted molar refractivity (Wildman–Crippen MR) is 287 cm³/mol. The van der Waals surface area contributed by atoms with Crippen molar-refractivity contribution in [3.8, 4) is 11.5 Å². The second kappa shape index (κ2) is 24.3. The van der Waals surface area contributed by atoms with E-state index in [-0.39, 0.29) is 36.0 Å². The largest absolute Gasteiger partial charge is 0.573 e. The van der Waals surface area contributed by atoms with Crippen LogP contribution in [0, 0.1) is 0 Å². The number of sulfonamides is 2. The first-order chi connectivity index (χ1) is 37.5. The van der Waals surface area contributed by atoms with Crippen LogP contribution in [0.1, 0.15) is 41.7 Å². The van der Waals surface area contributed by atoms with Crippen LogP contribution in [0.5, 0.6) is 11.5 Å². The summed E-state index contributed by atoms with van der Waals surface area (Å²) in [5, 5.41) is 10.7. The maximum absolute atomic E-state index is 13.7. The highest BCUT2D eigenvalue weighted by Crippen LogP contribution is 2.38. The topological polar surface area (TPSA) is 164 Å². The first kappa shape index (κ1) is 57.7. The Bertz CT molecular complexity index is 3350. The van der Waals surface area contributed by atoms with Crippen molar-refractivity contribution in [1.29, 1.82) is 0 Å². The Kier molecular flexibility index (Phi) is 17.8. The number of benzene rings is 7. The molecule has 79 heavy (non-hydrogen) atoms. The molecule has 0 unspecified atom stereocenters. The molecule has 9 rings (SSSR count). The highest BCUT2D eigenvalue weighted by atomic mass is 32.2. The van der Waals surface area contributed by atoms with Crippen molar-refractivity contribution in [3.63, 3.8) is 0 Å². The van der Waals surface area contributed by atoms with Gasteiger partial charge in [-0.1, -0.05) is 103 Å². The van der Waals surface area contributed by atoms with Gasteiger partial charge in [-0.25, -0.2) is 26.3 Å². The molecule has 0 saturated heterocycles. The van der Waals surface area contributed by atoms with Gasteiger partial charge in [0.15, 0.2) is 0 Å². The lowest BCUT2D eigenvalue weighted by atomic mass is 9.85. The number of alkyl halides is 6. The molecule has 7 aromatic rings. The van der Waals surface area contributed by atoms with Crippen LogP contribution in [0.4, 0.5) is 49.1 Å². The molecule has 0 fully saturated rings. The Morgan fingerprint density at radius 1 is 0.506 bits per heavy atom. The zero-order chi connectivity index (χ0) is 56.6. The van der Waals surface area contributed by atoms with Gasteiger partial charge < -0.3 is 29.1 Å². The molecular weight excluding hydrogens is 1070 g/mol. The SMILES string of the molecule is CC(C)(C(=O)O[C@H](CNS(=O)(=O)c1ccc(OC(F)(F)F)cc1)CN1c2ccccc2CCc2ccccc21)c1ccccc1.O=S(=O)(NC[C@@H](O)CN1c2ccccc2CCc2ccccc21)c1ccc(OC(F)(F)F)cc1. The van der Waals surface area contributed by atoms with Crippen LogP contribution >= 0.6 is 0 Å². The number of anilines is 4. The number of esters is 1. The van der Waals surface area contributed by atoms with Crippen molar-refractivity contribution >= 4 is 48.8 Å². The molecular formula is C58H56F6N4O9S2. The van der Waals surface area contributed by atoms with Crippen molar-refractivity contribution in [2.75, 3.05) is 36.0 Å².